The van der Waals surface area contributed by atoms with E-state index >= 15 is 0 Å². The predicted octanol–water partition coefficient (Wildman–Crippen LogP) is 10.3. The molecule has 0 nitrogen and oxygen atoms in total. The van der Waals surface area contributed by atoms with Crippen molar-refractivity contribution in [3.8, 4) is 22.3 Å². The van der Waals surface area contributed by atoms with Gasteiger partial charge in [-0.1, -0.05) is 105 Å². The van der Waals surface area contributed by atoms with Crippen LogP contribution in [0.4, 0.5) is 0 Å². The first kappa shape index (κ1) is 27.0. The molecule has 0 aliphatic carbocycles. The molecule has 0 heterocycles. The summed E-state index contributed by atoms with van der Waals surface area (Å²) < 4.78 is 0. The van der Waals surface area contributed by atoms with Gasteiger partial charge in [-0.15, -0.1) is 69.1 Å². The summed E-state index contributed by atoms with van der Waals surface area (Å²) in [6, 6.07) is 35.7. The van der Waals surface area contributed by atoms with Gasteiger partial charge in [-0.25, -0.2) is 0 Å². The first-order chi connectivity index (χ1) is 17.3. The van der Waals surface area contributed by atoms with Gasteiger partial charge < -0.3 is 0 Å². The van der Waals surface area contributed by atoms with E-state index in [-0.39, 0.29) is 26.2 Å². The molecule has 0 aliphatic rings. The number of hydrogen-bond acceptors (Lipinski definition) is 0. The van der Waals surface area contributed by atoms with Crippen LogP contribution in [0.1, 0.15) is 33.4 Å². The third kappa shape index (κ3) is 5.94. The van der Waals surface area contributed by atoms with Crippen molar-refractivity contribution in [1.29, 1.82) is 0 Å². The van der Waals surface area contributed by atoms with Crippen molar-refractivity contribution in [1.82, 2.24) is 0 Å². The van der Waals surface area contributed by atoms with Gasteiger partial charge in [0.1, 0.15) is 0 Å². The third-order valence-corrected chi connectivity index (χ3v) is 7.41. The van der Waals surface area contributed by atoms with Crippen LogP contribution < -0.4 is 0 Å². The Hall–Kier alpha value is -3.02. The Bertz CT molecular complexity index is 1450. The molecular formula is C36H34Zr. The van der Waals surface area contributed by atoms with E-state index in [1.54, 1.807) is 0 Å². The molecule has 0 bridgehead atoms. The average molecular weight is 558 g/mol. The molecule has 0 saturated carbocycles. The second kappa shape index (κ2) is 11.2. The molecule has 0 atom stereocenters. The third-order valence-electron chi connectivity index (χ3n) is 7.41. The predicted molar refractivity (Wildman–Crippen MR) is 158 cm³/mol. The monoisotopic (exact) mass is 556 g/mol. The summed E-state index contributed by atoms with van der Waals surface area (Å²) in [6.07, 6.45) is 0. The SMILES string of the molecule is Cc1ccc(-c2cc3cc(C)c(C)cc3[cH-]2)cc1.Cc1ccc(-c2cc3cc(C)c(C)cc3[cH-]2)cc1.[Zr+2]. The van der Waals surface area contributed by atoms with Gasteiger partial charge in [0.25, 0.3) is 0 Å². The summed E-state index contributed by atoms with van der Waals surface area (Å²) >= 11 is 0. The normalized spacial score (nSPS) is 10.8. The molecule has 0 aromatic heterocycles. The summed E-state index contributed by atoms with van der Waals surface area (Å²) in [6.45, 7) is 12.9. The van der Waals surface area contributed by atoms with E-state index < -0.39 is 0 Å². The standard InChI is InChI=1S/2C18H17.Zr/c2*1-12-4-6-15(7-5-12)18-10-16-8-13(2)14(3)9-17(16)11-18;/h2*4-11H,1-3H3;/q2*-1;+2. The fraction of sp³-hybridized carbons (Fsp3) is 0.167. The van der Waals surface area contributed by atoms with Gasteiger partial charge in [0.2, 0.25) is 0 Å². The minimum absolute atomic E-state index is 0. The summed E-state index contributed by atoms with van der Waals surface area (Å²) in [4.78, 5) is 0. The molecule has 0 amide bonds. The molecule has 0 N–H and O–H groups in total. The average Bonchev–Trinajstić information content (AvgIpc) is 3.45. The number of fused-ring (bicyclic) bond motifs is 2. The van der Waals surface area contributed by atoms with Gasteiger partial charge in [-0.3, -0.25) is 0 Å². The van der Waals surface area contributed by atoms with E-state index in [1.165, 1.54) is 77.2 Å². The van der Waals surface area contributed by atoms with E-state index in [0.717, 1.165) is 0 Å². The van der Waals surface area contributed by atoms with Crippen molar-refractivity contribution in [3.05, 3.63) is 130 Å². The zero-order valence-corrected chi connectivity index (χ0v) is 25.2. The minimum atomic E-state index is 0. The molecule has 0 radical (unpaired) electrons. The topological polar surface area (TPSA) is 0 Å². The number of benzene rings is 4. The molecule has 0 spiro atoms. The summed E-state index contributed by atoms with van der Waals surface area (Å²) in [5.41, 5.74) is 13.3. The van der Waals surface area contributed by atoms with E-state index in [0.29, 0.717) is 0 Å². The maximum absolute atomic E-state index is 2.28. The van der Waals surface area contributed by atoms with Gasteiger partial charge in [0.05, 0.1) is 0 Å². The first-order valence-electron chi connectivity index (χ1n) is 12.8. The Morgan fingerprint density at radius 3 is 1.08 bits per heavy atom. The zero-order valence-electron chi connectivity index (χ0n) is 22.7. The van der Waals surface area contributed by atoms with Crippen LogP contribution in [0.5, 0.6) is 0 Å². The van der Waals surface area contributed by atoms with Gasteiger partial charge in [-0.05, 0) is 41.5 Å². The van der Waals surface area contributed by atoms with Gasteiger partial charge in [0, 0.05) is 0 Å². The number of rotatable bonds is 2. The fourth-order valence-corrected chi connectivity index (χ4v) is 4.80. The van der Waals surface area contributed by atoms with Crippen LogP contribution in [0.2, 0.25) is 0 Å². The molecule has 1 heteroatoms. The summed E-state index contributed by atoms with van der Waals surface area (Å²) in [5, 5.41) is 5.37. The smallest absolute Gasteiger partial charge is 0.145 e. The van der Waals surface area contributed by atoms with Crippen LogP contribution in [0.25, 0.3) is 43.8 Å². The van der Waals surface area contributed by atoms with Crippen molar-refractivity contribution >= 4 is 21.5 Å². The molecule has 6 aromatic rings. The van der Waals surface area contributed by atoms with E-state index in [9.17, 15) is 0 Å². The molecule has 182 valence electrons. The zero-order chi connectivity index (χ0) is 25.4. The fourth-order valence-electron chi connectivity index (χ4n) is 4.80. The maximum atomic E-state index is 2.28. The van der Waals surface area contributed by atoms with E-state index in [1.807, 2.05) is 0 Å². The second-order valence-electron chi connectivity index (χ2n) is 10.4. The van der Waals surface area contributed by atoms with Gasteiger partial charge in [-0.2, -0.15) is 0 Å². The molecule has 0 unspecified atom stereocenters. The Morgan fingerprint density at radius 1 is 0.405 bits per heavy atom. The second-order valence-corrected chi connectivity index (χ2v) is 10.4. The van der Waals surface area contributed by atoms with Crippen molar-refractivity contribution in [2.24, 2.45) is 0 Å². The van der Waals surface area contributed by atoms with Gasteiger partial charge >= 0.3 is 26.2 Å². The van der Waals surface area contributed by atoms with Crippen LogP contribution >= 0.6 is 0 Å². The number of hydrogen-bond donors (Lipinski definition) is 0. The van der Waals surface area contributed by atoms with Gasteiger partial charge in [0.15, 0.2) is 0 Å². The Morgan fingerprint density at radius 2 is 0.730 bits per heavy atom. The van der Waals surface area contributed by atoms with Crippen molar-refractivity contribution in [3.63, 3.8) is 0 Å². The molecular weight excluding hydrogens is 524 g/mol. The Labute approximate surface area is 240 Å². The quantitative estimate of drug-likeness (QED) is 0.186. The summed E-state index contributed by atoms with van der Waals surface area (Å²) in [5.74, 6) is 0. The molecule has 6 rings (SSSR count). The largest absolute Gasteiger partial charge is 2.00 e. The minimum Gasteiger partial charge on any atom is -0.145 e. The Kier molecular flexibility index (Phi) is 8.15. The first-order valence-corrected chi connectivity index (χ1v) is 12.8. The van der Waals surface area contributed by atoms with Crippen molar-refractivity contribution in [2.75, 3.05) is 0 Å². The van der Waals surface area contributed by atoms with Crippen molar-refractivity contribution < 1.29 is 26.2 Å². The number of aryl methyl sites for hydroxylation is 6. The van der Waals surface area contributed by atoms with Crippen LogP contribution in [-0.4, -0.2) is 0 Å². The van der Waals surface area contributed by atoms with Crippen LogP contribution in [-0.2, 0) is 26.2 Å². The molecule has 6 aromatic carbocycles. The molecule has 0 fully saturated rings. The molecule has 37 heavy (non-hydrogen) atoms. The summed E-state index contributed by atoms with van der Waals surface area (Å²) in [7, 11) is 0. The van der Waals surface area contributed by atoms with Crippen LogP contribution in [0.3, 0.4) is 0 Å². The molecule has 0 aliphatic heterocycles. The van der Waals surface area contributed by atoms with Crippen molar-refractivity contribution in [2.45, 2.75) is 41.5 Å². The van der Waals surface area contributed by atoms with Crippen LogP contribution in [0.15, 0.2) is 97.1 Å². The maximum Gasteiger partial charge on any atom is 2.00 e. The molecule has 0 saturated heterocycles. The van der Waals surface area contributed by atoms with E-state index in [2.05, 4.69) is 139 Å². The van der Waals surface area contributed by atoms with Crippen LogP contribution in [0, 0.1) is 41.5 Å². The van der Waals surface area contributed by atoms with E-state index in [4.69, 9.17) is 0 Å². The Balaban J connectivity index is 0.000000168.